The standard InChI is InChI=1S/C16H20N2O2.ClH/c1-3-18(4-2)11-12-20-16(19)14-9-10-17-15-8-6-5-7-13(14)15;/h5-10H,3-4,11-12H2,1-2H3;1H. The van der Waals surface area contributed by atoms with Crippen LogP contribution in [0.1, 0.15) is 24.2 Å². The molecular formula is C16H21ClN2O2. The molecule has 0 aliphatic heterocycles. The molecule has 0 atom stereocenters. The molecule has 0 radical (unpaired) electrons. The van der Waals surface area contributed by atoms with E-state index in [1.807, 2.05) is 24.3 Å². The molecule has 2 aromatic rings. The summed E-state index contributed by atoms with van der Waals surface area (Å²) >= 11 is 0. The Morgan fingerprint density at radius 2 is 1.90 bits per heavy atom. The second kappa shape index (κ2) is 8.60. The third-order valence-electron chi connectivity index (χ3n) is 3.40. The number of nitrogens with zero attached hydrogens (tertiary/aromatic N) is 2. The van der Waals surface area contributed by atoms with Gasteiger partial charge in [-0.15, -0.1) is 12.4 Å². The molecule has 0 N–H and O–H groups in total. The number of para-hydroxylation sites is 1. The van der Waals surface area contributed by atoms with Gasteiger partial charge in [-0.05, 0) is 25.2 Å². The van der Waals surface area contributed by atoms with Crippen molar-refractivity contribution in [1.82, 2.24) is 9.88 Å². The Morgan fingerprint density at radius 3 is 2.62 bits per heavy atom. The minimum Gasteiger partial charge on any atom is -0.461 e. The van der Waals surface area contributed by atoms with Gasteiger partial charge in [0.2, 0.25) is 0 Å². The van der Waals surface area contributed by atoms with Gasteiger partial charge in [-0.1, -0.05) is 32.0 Å². The van der Waals surface area contributed by atoms with E-state index in [0.717, 1.165) is 30.5 Å². The number of rotatable bonds is 6. The summed E-state index contributed by atoms with van der Waals surface area (Å²) in [6.45, 7) is 7.31. The van der Waals surface area contributed by atoms with Crippen molar-refractivity contribution in [3.63, 3.8) is 0 Å². The van der Waals surface area contributed by atoms with Crippen molar-refractivity contribution in [2.24, 2.45) is 0 Å². The highest BCUT2D eigenvalue weighted by molar-refractivity contribution is 6.03. The number of aromatic nitrogens is 1. The fourth-order valence-electron chi connectivity index (χ4n) is 2.16. The zero-order valence-corrected chi connectivity index (χ0v) is 13.2. The maximum atomic E-state index is 12.1. The lowest BCUT2D eigenvalue weighted by Gasteiger charge is -2.17. The molecule has 0 amide bonds. The molecule has 0 aliphatic carbocycles. The first kappa shape index (κ1) is 17.4. The molecule has 21 heavy (non-hydrogen) atoms. The van der Waals surface area contributed by atoms with Crippen LogP contribution in [0.2, 0.25) is 0 Å². The summed E-state index contributed by atoms with van der Waals surface area (Å²) in [5.74, 6) is -0.282. The van der Waals surface area contributed by atoms with Gasteiger partial charge in [0.15, 0.2) is 0 Å². The number of carbonyl (C=O) groups excluding carboxylic acids is 1. The summed E-state index contributed by atoms with van der Waals surface area (Å²) in [5.41, 5.74) is 1.39. The smallest absolute Gasteiger partial charge is 0.338 e. The molecule has 0 fully saturated rings. The number of esters is 1. The number of halogens is 1. The number of carbonyl (C=O) groups is 1. The van der Waals surface area contributed by atoms with E-state index in [2.05, 4.69) is 23.7 Å². The van der Waals surface area contributed by atoms with E-state index in [1.165, 1.54) is 0 Å². The van der Waals surface area contributed by atoms with Crippen LogP contribution < -0.4 is 0 Å². The van der Waals surface area contributed by atoms with E-state index in [4.69, 9.17) is 4.74 Å². The summed E-state index contributed by atoms with van der Waals surface area (Å²) in [6, 6.07) is 9.30. The van der Waals surface area contributed by atoms with Crippen LogP contribution in [0.15, 0.2) is 36.5 Å². The highest BCUT2D eigenvalue weighted by atomic mass is 35.5. The van der Waals surface area contributed by atoms with E-state index in [9.17, 15) is 4.79 Å². The van der Waals surface area contributed by atoms with Crippen LogP contribution >= 0.6 is 12.4 Å². The Kier molecular flexibility index (Phi) is 7.12. The SMILES string of the molecule is CCN(CC)CCOC(=O)c1ccnc2ccccc12.Cl. The Morgan fingerprint density at radius 1 is 1.19 bits per heavy atom. The molecule has 0 spiro atoms. The molecule has 2 rings (SSSR count). The van der Waals surface area contributed by atoms with E-state index < -0.39 is 0 Å². The van der Waals surface area contributed by atoms with Crippen molar-refractivity contribution < 1.29 is 9.53 Å². The molecule has 5 heteroatoms. The first-order chi connectivity index (χ1) is 9.76. The van der Waals surface area contributed by atoms with Gasteiger partial charge in [0.1, 0.15) is 6.61 Å². The summed E-state index contributed by atoms with van der Waals surface area (Å²) in [7, 11) is 0. The Bertz CT molecular complexity index is 580. The predicted octanol–water partition coefficient (Wildman–Crippen LogP) is 3.16. The van der Waals surface area contributed by atoms with Gasteiger partial charge in [0.05, 0.1) is 11.1 Å². The van der Waals surface area contributed by atoms with Crippen LogP contribution in [-0.2, 0) is 4.74 Å². The lowest BCUT2D eigenvalue weighted by molar-refractivity contribution is 0.0468. The Labute approximate surface area is 131 Å². The predicted molar refractivity (Wildman–Crippen MR) is 87.1 cm³/mol. The van der Waals surface area contributed by atoms with Gasteiger partial charge in [0, 0.05) is 18.1 Å². The molecule has 4 nitrogen and oxygen atoms in total. The van der Waals surface area contributed by atoms with Gasteiger partial charge in [-0.2, -0.15) is 0 Å². The maximum Gasteiger partial charge on any atom is 0.338 e. The molecule has 0 bridgehead atoms. The molecule has 0 unspecified atom stereocenters. The number of likely N-dealkylation sites (N-methyl/N-ethyl adjacent to an activating group) is 1. The summed E-state index contributed by atoms with van der Waals surface area (Å²) in [6.07, 6.45) is 1.64. The average molecular weight is 309 g/mol. The van der Waals surface area contributed by atoms with Crippen molar-refractivity contribution in [2.45, 2.75) is 13.8 Å². The quantitative estimate of drug-likeness (QED) is 0.769. The Balaban J connectivity index is 0.00000220. The molecule has 114 valence electrons. The minimum absolute atomic E-state index is 0. The number of hydrogen-bond acceptors (Lipinski definition) is 4. The molecule has 0 saturated heterocycles. The maximum absolute atomic E-state index is 12.1. The lowest BCUT2D eigenvalue weighted by Crippen LogP contribution is -2.27. The van der Waals surface area contributed by atoms with Gasteiger partial charge in [0.25, 0.3) is 0 Å². The number of hydrogen-bond donors (Lipinski definition) is 0. The summed E-state index contributed by atoms with van der Waals surface area (Å²) < 4.78 is 5.36. The van der Waals surface area contributed by atoms with Crippen molar-refractivity contribution in [1.29, 1.82) is 0 Å². The summed E-state index contributed by atoms with van der Waals surface area (Å²) in [5, 5.41) is 0.836. The van der Waals surface area contributed by atoms with Crippen molar-refractivity contribution in [2.75, 3.05) is 26.2 Å². The van der Waals surface area contributed by atoms with E-state index >= 15 is 0 Å². The third kappa shape index (κ3) is 4.41. The molecule has 1 heterocycles. The number of fused-ring (bicyclic) bond motifs is 1. The monoisotopic (exact) mass is 308 g/mol. The van der Waals surface area contributed by atoms with E-state index in [1.54, 1.807) is 12.3 Å². The highest BCUT2D eigenvalue weighted by Gasteiger charge is 2.11. The zero-order valence-electron chi connectivity index (χ0n) is 12.4. The first-order valence-electron chi connectivity index (χ1n) is 6.99. The second-order valence-corrected chi connectivity index (χ2v) is 4.54. The van der Waals surface area contributed by atoms with Crippen LogP contribution in [0, 0.1) is 0 Å². The fourth-order valence-corrected chi connectivity index (χ4v) is 2.16. The Hall–Kier alpha value is -1.65. The van der Waals surface area contributed by atoms with E-state index in [-0.39, 0.29) is 18.4 Å². The van der Waals surface area contributed by atoms with Crippen LogP contribution in [0.3, 0.4) is 0 Å². The topological polar surface area (TPSA) is 42.4 Å². The van der Waals surface area contributed by atoms with E-state index in [0.29, 0.717) is 12.2 Å². The zero-order chi connectivity index (χ0) is 14.4. The largest absolute Gasteiger partial charge is 0.461 e. The molecule has 1 aromatic heterocycles. The highest BCUT2D eigenvalue weighted by Crippen LogP contribution is 2.16. The number of benzene rings is 1. The second-order valence-electron chi connectivity index (χ2n) is 4.54. The van der Waals surface area contributed by atoms with Crippen molar-refractivity contribution >= 4 is 29.3 Å². The van der Waals surface area contributed by atoms with Crippen LogP contribution in [0.5, 0.6) is 0 Å². The normalized spacial score (nSPS) is 10.4. The van der Waals surface area contributed by atoms with Crippen LogP contribution in [0.4, 0.5) is 0 Å². The fraction of sp³-hybridized carbons (Fsp3) is 0.375. The van der Waals surface area contributed by atoms with Gasteiger partial charge in [-0.3, -0.25) is 4.98 Å². The van der Waals surface area contributed by atoms with Gasteiger partial charge in [-0.25, -0.2) is 4.79 Å². The van der Waals surface area contributed by atoms with Crippen LogP contribution in [-0.4, -0.2) is 42.1 Å². The molecule has 0 aliphatic rings. The molecule has 0 saturated carbocycles. The van der Waals surface area contributed by atoms with Crippen molar-refractivity contribution in [3.8, 4) is 0 Å². The third-order valence-corrected chi connectivity index (χ3v) is 3.40. The van der Waals surface area contributed by atoms with Gasteiger partial charge < -0.3 is 9.64 Å². The van der Waals surface area contributed by atoms with Gasteiger partial charge >= 0.3 is 5.97 Å². The number of pyridine rings is 1. The van der Waals surface area contributed by atoms with Crippen LogP contribution in [0.25, 0.3) is 10.9 Å². The number of ether oxygens (including phenoxy) is 1. The first-order valence-corrected chi connectivity index (χ1v) is 6.99. The molecular weight excluding hydrogens is 288 g/mol. The molecule has 1 aromatic carbocycles. The van der Waals surface area contributed by atoms with Crippen molar-refractivity contribution in [3.05, 3.63) is 42.1 Å². The minimum atomic E-state index is -0.282. The average Bonchev–Trinajstić information content (AvgIpc) is 2.51. The summed E-state index contributed by atoms with van der Waals surface area (Å²) in [4.78, 5) is 18.6. The lowest BCUT2D eigenvalue weighted by atomic mass is 10.1.